The van der Waals surface area contributed by atoms with Gasteiger partial charge in [0.15, 0.2) is 0 Å². The number of aliphatic carboxylic acids is 1. The van der Waals surface area contributed by atoms with Gasteiger partial charge in [0.25, 0.3) is 0 Å². The summed E-state index contributed by atoms with van der Waals surface area (Å²) in [6, 6.07) is 0. The van der Waals surface area contributed by atoms with Crippen LogP contribution in [0.3, 0.4) is 0 Å². The van der Waals surface area contributed by atoms with Gasteiger partial charge in [-0.1, -0.05) is 6.58 Å². The van der Waals surface area contributed by atoms with Crippen molar-refractivity contribution in [1.29, 1.82) is 0 Å². The molecule has 0 bridgehead atoms. The monoisotopic (exact) mass is 232 g/mol. The van der Waals surface area contributed by atoms with Crippen molar-refractivity contribution >= 4 is 16.1 Å². The van der Waals surface area contributed by atoms with Gasteiger partial charge in [0.2, 0.25) is 0 Å². The zero-order valence-electron chi connectivity index (χ0n) is 7.32. The Morgan fingerprint density at radius 2 is 1.92 bits per heavy atom. The Labute approximate surface area is 119 Å². The minimum Gasteiger partial charge on any atom is -0.748 e. The van der Waals surface area contributed by atoms with E-state index in [-0.39, 0.29) is 69.8 Å². The normalized spacial score (nSPS) is 10.2. The largest absolute Gasteiger partial charge is 1.00 e. The van der Waals surface area contributed by atoms with Gasteiger partial charge in [0.05, 0.1) is 10.1 Å². The molecule has 0 rings (SSSR count). The number of hydrogen-bond donors (Lipinski definition) is 1. The van der Waals surface area contributed by atoms with Crippen molar-refractivity contribution in [3.05, 3.63) is 12.2 Å². The molecule has 0 unspecified atom stereocenters. The molecule has 0 saturated heterocycles. The minimum atomic E-state index is -4.23. The van der Waals surface area contributed by atoms with Gasteiger partial charge in [-0.2, -0.15) is 0 Å². The Kier molecular flexibility index (Phi) is 8.85. The molecule has 0 fully saturated rings. The molecule has 0 aliphatic rings. The van der Waals surface area contributed by atoms with Gasteiger partial charge in [-0.25, -0.2) is 13.2 Å². The maximum atomic E-state index is 10.1. The zero-order valence-corrected chi connectivity index (χ0v) is 11.3. The molecule has 0 aliphatic heterocycles. The third-order valence-corrected chi connectivity index (χ3v) is 1.96. The quantitative estimate of drug-likeness (QED) is 0.309. The molecular formula is C6H9KO5S. The summed E-state index contributed by atoms with van der Waals surface area (Å²) in [5, 5.41) is 8.28. The van der Waals surface area contributed by atoms with Gasteiger partial charge in [-0.15, -0.1) is 0 Å². The third kappa shape index (κ3) is 10.7. The van der Waals surface area contributed by atoms with E-state index in [1.807, 2.05) is 0 Å². The van der Waals surface area contributed by atoms with Crippen molar-refractivity contribution in [1.82, 2.24) is 0 Å². The van der Waals surface area contributed by atoms with E-state index in [4.69, 9.17) is 5.11 Å². The molecule has 13 heavy (non-hydrogen) atoms. The van der Waals surface area contributed by atoms with E-state index in [0.29, 0.717) is 0 Å². The smallest absolute Gasteiger partial charge is 0.748 e. The Hall–Kier alpha value is 0.756. The van der Waals surface area contributed by atoms with E-state index < -0.39 is 21.8 Å². The summed E-state index contributed by atoms with van der Waals surface area (Å²) in [7, 11) is -4.23. The molecule has 0 aliphatic carbocycles. The van der Waals surface area contributed by atoms with E-state index in [1.165, 1.54) is 0 Å². The van der Waals surface area contributed by atoms with Crippen LogP contribution in [0, 0.1) is 0 Å². The fourth-order valence-corrected chi connectivity index (χ4v) is 1.07. The second-order valence-electron chi connectivity index (χ2n) is 2.27. The van der Waals surface area contributed by atoms with Crippen LogP contribution in [0.15, 0.2) is 12.2 Å². The van der Waals surface area contributed by atoms with Crippen LogP contribution in [0.4, 0.5) is 0 Å². The van der Waals surface area contributed by atoms with Crippen molar-refractivity contribution in [2.45, 2.75) is 12.8 Å². The standard InChI is InChI=1S/C6H10O5S.K/c1-5(6(7)8)3-2-4-12(9,10)11;/h1-4H2,(H,7,8)(H,9,10,11);/q;+1/p-1. The molecule has 0 amide bonds. The Morgan fingerprint density at radius 1 is 1.46 bits per heavy atom. The minimum absolute atomic E-state index is 0. The first-order valence-electron chi connectivity index (χ1n) is 3.17. The number of carboxylic acids is 1. The molecule has 70 valence electrons. The van der Waals surface area contributed by atoms with Crippen LogP contribution in [0.25, 0.3) is 0 Å². The number of carbonyl (C=O) groups is 1. The molecule has 0 aromatic heterocycles. The van der Waals surface area contributed by atoms with Gasteiger partial charge >= 0.3 is 57.4 Å². The molecular weight excluding hydrogens is 223 g/mol. The molecule has 0 aromatic rings. The van der Waals surface area contributed by atoms with Crippen LogP contribution in [-0.2, 0) is 14.9 Å². The van der Waals surface area contributed by atoms with Crippen LogP contribution < -0.4 is 51.4 Å². The second kappa shape index (κ2) is 7.10. The average Bonchev–Trinajstić information content (AvgIpc) is 1.84. The van der Waals surface area contributed by atoms with E-state index in [1.54, 1.807) is 0 Å². The van der Waals surface area contributed by atoms with Crippen LogP contribution >= 0.6 is 0 Å². The van der Waals surface area contributed by atoms with Gasteiger partial charge in [0.1, 0.15) is 0 Å². The summed E-state index contributed by atoms with van der Waals surface area (Å²) in [5.41, 5.74) is -0.0846. The number of carboxylic acid groups (broad SMARTS) is 1. The summed E-state index contributed by atoms with van der Waals surface area (Å²) in [6.45, 7) is 3.18. The first kappa shape index (κ1) is 16.2. The van der Waals surface area contributed by atoms with Crippen molar-refractivity contribution in [2.75, 3.05) is 5.75 Å². The topological polar surface area (TPSA) is 94.5 Å². The molecule has 7 heteroatoms. The SMILES string of the molecule is C=C(CCCS(=O)(=O)[O-])C(=O)O.[K+]. The maximum absolute atomic E-state index is 10.1. The summed E-state index contributed by atoms with van der Waals surface area (Å²) in [4.78, 5) is 10.1. The molecule has 0 aromatic carbocycles. The van der Waals surface area contributed by atoms with Gasteiger partial charge < -0.3 is 9.66 Å². The van der Waals surface area contributed by atoms with Gasteiger partial charge in [0, 0.05) is 11.3 Å². The molecule has 0 atom stereocenters. The van der Waals surface area contributed by atoms with Crippen molar-refractivity contribution < 1.29 is 74.3 Å². The summed E-state index contributed by atoms with van der Waals surface area (Å²) in [6.07, 6.45) is 0.0355. The predicted molar refractivity (Wildman–Crippen MR) is 40.6 cm³/mol. The summed E-state index contributed by atoms with van der Waals surface area (Å²) in [5.74, 6) is -1.71. The van der Waals surface area contributed by atoms with Crippen LogP contribution in [-0.4, -0.2) is 29.8 Å². The predicted octanol–water partition coefficient (Wildman–Crippen LogP) is -3.04. The Balaban J connectivity index is 0. The first-order valence-corrected chi connectivity index (χ1v) is 4.75. The van der Waals surface area contributed by atoms with Crippen LogP contribution in [0.5, 0.6) is 0 Å². The van der Waals surface area contributed by atoms with E-state index in [2.05, 4.69) is 6.58 Å². The van der Waals surface area contributed by atoms with E-state index >= 15 is 0 Å². The zero-order chi connectivity index (χ0) is 9.78. The maximum Gasteiger partial charge on any atom is 1.00 e. The van der Waals surface area contributed by atoms with Crippen LogP contribution in [0.2, 0.25) is 0 Å². The number of rotatable bonds is 5. The molecule has 0 heterocycles. The number of hydrogen-bond acceptors (Lipinski definition) is 4. The summed E-state index contributed by atoms with van der Waals surface area (Å²) >= 11 is 0. The molecule has 5 nitrogen and oxygen atoms in total. The summed E-state index contributed by atoms with van der Waals surface area (Å²) < 4.78 is 30.1. The van der Waals surface area contributed by atoms with Crippen molar-refractivity contribution in [2.24, 2.45) is 0 Å². The Morgan fingerprint density at radius 3 is 2.23 bits per heavy atom. The van der Waals surface area contributed by atoms with E-state index in [0.717, 1.165) is 0 Å². The fourth-order valence-electron chi connectivity index (χ4n) is 0.569. The fraction of sp³-hybridized carbons (Fsp3) is 0.500. The molecule has 0 radical (unpaired) electrons. The molecule has 0 saturated carbocycles. The van der Waals surface area contributed by atoms with Crippen molar-refractivity contribution in [3.8, 4) is 0 Å². The average molecular weight is 232 g/mol. The van der Waals surface area contributed by atoms with Crippen LogP contribution in [0.1, 0.15) is 12.8 Å². The third-order valence-electron chi connectivity index (χ3n) is 1.18. The molecule has 1 N–H and O–H groups in total. The second-order valence-corrected chi connectivity index (χ2v) is 3.80. The Bertz CT molecular complexity index is 281. The van der Waals surface area contributed by atoms with Gasteiger partial charge in [-0.3, -0.25) is 0 Å². The molecule has 0 spiro atoms. The van der Waals surface area contributed by atoms with E-state index in [9.17, 15) is 17.8 Å². The van der Waals surface area contributed by atoms with Crippen molar-refractivity contribution in [3.63, 3.8) is 0 Å². The first-order chi connectivity index (χ1) is 5.33. The van der Waals surface area contributed by atoms with Gasteiger partial charge in [-0.05, 0) is 12.8 Å².